The lowest BCUT2D eigenvalue weighted by Gasteiger charge is -2.16. The van der Waals surface area contributed by atoms with Gasteiger partial charge in [-0.05, 0) is 52.0 Å². The molecular weight excluding hydrogens is 393 g/mol. The van der Waals surface area contributed by atoms with Gasteiger partial charge in [0.15, 0.2) is 5.96 Å². The molecule has 5 nitrogen and oxygen atoms in total. The number of hydrogen-bond acceptors (Lipinski definition) is 3. The van der Waals surface area contributed by atoms with Crippen molar-refractivity contribution in [3.8, 4) is 11.5 Å². The number of benzene rings is 1. The molecule has 0 aliphatic heterocycles. The summed E-state index contributed by atoms with van der Waals surface area (Å²) in [5, 5.41) is 6.50. The lowest BCUT2D eigenvalue weighted by atomic mass is 10.3. The molecule has 0 aromatic heterocycles. The van der Waals surface area contributed by atoms with Gasteiger partial charge in [-0.15, -0.1) is 24.0 Å². The van der Waals surface area contributed by atoms with E-state index in [2.05, 4.69) is 36.4 Å². The lowest BCUT2D eigenvalue weighted by molar-refractivity contribution is 0.230. The highest BCUT2D eigenvalue weighted by Gasteiger charge is 2.05. The first-order valence-corrected chi connectivity index (χ1v) is 7.40. The van der Waals surface area contributed by atoms with Gasteiger partial charge >= 0.3 is 0 Å². The molecule has 0 amide bonds. The molecule has 0 saturated heterocycles. The second-order valence-corrected chi connectivity index (χ2v) is 5.12. The summed E-state index contributed by atoms with van der Waals surface area (Å²) in [6.07, 6.45) is 0.000938. The Kier molecular flexibility index (Phi) is 10.8. The van der Waals surface area contributed by atoms with Gasteiger partial charge < -0.3 is 20.1 Å². The largest absolute Gasteiger partial charge is 0.497 e. The first-order valence-electron chi connectivity index (χ1n) is 7.40. The molecule has 126 valence electrons. The molecule has 0 bridgehead atoms. The summed E-state index contributed by atoms with van der Waals surface area (Å²) in [6, 6.07) is 7.92. The number of hydrogen-bond donors (Lipinski definition) is 2. The number of ether oxygens (including phenoxy) is 2. The summed E-state index contributed by atoms with van der Waals surface area (Å²) >= 11 is 0. The van der Waals surface area contributed by atoms with E-state index in [1.165, 1.54) is 0 Å². The molecule has 0 aliphatic rings. The summed E-state index contributed by atoms with van der Waals surface area (Å²) in [6.45, 7) is 9.66. The Balaban J connectivity index is 0.00000441. The van der Waals surface area contributed by atoms with Crippen LogP contribution in [0.4, 0.5) is 0 Å². The van der Waals surface area contributed by atoms with Crippen molar-refractivity contribution in [3.63, 3.8) is 0 Å². The third-order valence-corrected chi connectivity index (χ3v) is 2.67. The molecule has 1 atom stereocenters. The predicted octanol–water partition coefficient (Wildman–Crippen LogP) is 3.04. The maximum Gasteiger partial charge on any atom is 0.191 e. The molecule has 1 unspecified atom stereocenters. The van der Waals surface area contributed by atoms with E-state index in [4.69, 9.17) is 9.47 Å². The van der Waals surface area contributed by atoms with E-state index in [1.807, 2.05) is 31.2 Å². The minimum Gasteiger partial charge on any atom is -0.497 e. The zero-order chi connectivity index (χ0) is 15.7. The van der Waals surface area contributed by atoms with Crippen LogP contribution in [0.25, 0.3) is 0 Å². The first kappa shape index (κ1) is 20.8. The second-order valence-electron chi connectivity index (χ2n) is 5.12. The third kappa shape index (κ3) is 8.31. The van der Waals surface area contributed by atoms with Gasteiger partial charge in [0.25, 0.3) is 0 Å². The quantitative estimate of drug-likeness (QED) is 0.404. The Morgan fingerprint density at radius 3 is 2.23 bits per heavy atom. The Bertz CT molecular complexity index is 436. The Morgan fingerprint density at radius 2 is 1.73 bits per heavy atom. The fourth-order valence-electron chi connectivity index (χ4n) is 1.74. The van der Waals surface area contributed by atoms with Crippen molar-refractivity contribution < 1.29 is 9.47 Å². The smallest absolute Gasteiger partial charge is 0.191 e. The molecule has 1 rings (SSSR count). The lowest BCUT2D eigenvalue weighted by Crippen LogP contribution is -2.41. The molecule has 0 heterocycles. The van der Waals surface area contributed by atoms with Crippen molar-refractivity contribution in [1.82, 2.24) is 10.6 Å². The van der Waals surface area contributed by atoms with E-state index in [9.17, 15) is 0 Å². The monoisotopic (exact) mass is 421 g/mol. The maximum absolute atomic E-state index is 5.83. The number of nitrogens with one attached hydrogen (secondary N) is 2. The number of aliphatic imine (C=N–C) groups is 1. The van der Waals surface area contributed by atoms with Crippen molar-refractivity contribution in [2.75, 3.05) is 20.2 Å². The normalized spacial score (nSPS) is 12.4. The van der Waals surface area contributed by atoms with E-state index in [0.717, 1.165) is 24.0 Å². The van der Waals surface area contributed by atoms with Gasteiger partial charge in [-0.3, -0.25) is 0 Å². The highest BCUT2D eigenvalue weighted by molar-refractivity contribution is 14.0. The molecule has 0 radical (unpaired) electrons. The average molecular weight is 421 g/mol. The zero-order valence-corrected chi connectivity index (χ0v) is 16.4. The average Bonchev–Trinajstić information content (AvgIpc) is 2.45. The molecule has 0 aliphatic carbocycles. The third-order valence-electron chi connectivity index (χ3n) is 2.67. The maximum atomic E-state index is 5.83. The van der Waals surface area contributed by atoms with E-state index < -0.39 is 0 Å². The molecule has 0 spiro atoms. The van der Waals surface area contributed by atoms with Crippen LogP contribution in [0.15, 0.2) is 29.3 Å². The topological polar surface area (TPSA) is 54.9 Å². The van der Waals surface area contributed by atoms with Crippen LogP contribution in [0.3, 0.4) is 0 Å². The highest BCUT2D eigenvalue weighted by atomic mass is 127. The fourth-order valence-corrected chi connectivity index (χ4v) is 1.74. The van der Waals surface area contributed by atoms with Crippen LogP contribution >= 0.6 is 24.0 Å². The fraction of sp³-hybridized carbons (Fsp3) is 0.562. The predicted molar refractivity (Wildman–Crippen MR) is 103 cm³/mol. The van der Waals surface area contributed by atoms with Crippen molar-refractivity contribution in [2.45, 2.75) is 39.8 Å². The Morgan fingerprint density at radius 1 is 1.14 bits per heavy atom. The van der Waals surface area contributed by atoms with Gasteiger partial charge in [0.05, 0.1) is 13.7 Å². The minimum atomic E-state index is 0. The van der Waals surface area contributed by atoms with Crippen LogP contribution in [0.5, 0.6) is 11.5 Å². The van der Waals surface area contributed by atoms with Gasteiger partial charge in [-0.2, -0.15) is 0 Å². The van der Waals surface area contributed by atoms with Crippen molar-refractivity contribution in [1.29, 1.82) is 0 Å². The summed E-state index contributed by atoms with van der Waals surface area (Å²) in [7, 11) is 1.65. The van der Waals surface area contributed by atoms with Gasteiger partial charge in [0.1, 0.15) is 17.6 Å². The number of rotatable bonds is 7. The number of halogens is 1. The van der Waals surface area contributed by atoms with Crippen LogP contribution in [0.2, 0.25) is 0 Å². The molecule has 1 aromatic carbocycles. The summed E-state index contributed by atoms with van der Waals surface area (Å²) in [5.41, 5.74) is 0. The number of methoxy groups -OCH3 is 1. The molecular formula is C16H28IN3O2. The van der Waals surface area contributed by atoms with Crippen LogP contribution < -0.4 is 20.1 Å². The van der Waals surface area contributed by atoms with Gasteiger partial charge in [-0.25, -0.2) is 4.99 Å². The van der Waals surface area contributed by atoms with Gasteiger partial charge in [0.2, 0.25) is 0 Å². The van der Waals surface area contributed by atoms with Crippen molar-refractivity contribution >= 4 is 29.9 Å². The summed E-state index contributed by atoms with van der Waals surface area (Å²) in [5.74, 6) is 2.46. The van der Waals surface area contributed by atoms with E-state index in [0.29, 0.717) is 12.6 Å². The highest BCUT2D eigenvalue weighted by Crippen LogP contribution is 2.18. The van der Waals surface area contributed by atoms with E-state index in [-0.39, 0.29) is 30.1 Å². The van der Waals surface area contributed by atoms with Crippen molar-refractivity contribution in [3.05, 3.63) is 24.3 Å². The standard InChI is InChI=1S/C16H27N3O2.HI/c1-6-17-16(19-12(2)3)18-11-13(4)21-15-9-7-14(20-5)8-10-15;/h7-10,12-13H,6,11H2,1-5H3,(H2,17,18,19);1H. The van der Waals surface area contributed by atoms with E-state index in [1.54, 1.807) is 7.11 Å². The second kappa shape index (κ2) is 11.4. The summed E-state index contributed by atoms with van der Waals surface area (Å²) < 4.78 is 11.0. The zero-order valence-electron chi connectivity index (χ0n) is 14.1. The molecule has 1 aromatic rings. The Labute approximate surface area is 150 Å². The Hall–Kier alpha value is -1.18. The van der Waals surface area contributed by atoms with Gasteiger partial charge in [0, 0.05) is 12.6 Å². The molecule has 0 saturated carbocycles. The van der Waals surface area contributed by atoms with Crippen molar-refractivity contribution in [2.24, 2.45) is 4.99 Å². The molecule has 0 fully saturated rings. The number of nitrogens with zero attached hydrogens (tertiary/aromatic N) is 1. The molecule has 6 heteroatoms. The van der Waals surface area contributed by atoms with Crippen LogP contribution in [-0.4, -0.2) is 38.3 Å². The number of guanidine groups is 1. The van der Waals surface area contributed by atoms with Crippen LogP contribution in [-0.2, 0) is 0 Å². The van der Waals surface area contributed by atoms with E-state index >= 15 is 0 Å². The van der Waals surface area contributed by atoms with Crippen LogP contribution in [0, 0.1) is 0 Å². The molecule has 22 heavy (non-hydrogen) atoms. The molecule has 2 N–H and O–H groups in total. The van der Waals surface area contributed by atoms with Gasteiger partial charge in [-0.1, -0.05) is 0 Å². The van der Waals surface area contributed by atoms with Crippen LogP contribution in [0.1, 0.15) is 27.7 Å². The minimum absolute atomic E-state index is 0. The summed E-state index contributed by atoms with van der Waals surface area (Å²) in [4.78, 5) is 4.53. The SMILES string of the molecule is CCNC(=NCC(C)Oc1ccc(OC)cc1)NC(C)C.I. The first-order chi connectivity index (χ1) is 10.0.